The number of alkyl halides is 3. The summed E-state index contributed by atoms with van der Waals surface area (Å²) in [7, 11) is 0. The van der Waals surface area contributed by atoms with Crippen LogP contribution in [0.3, 0.4) is 0 Å². The average Bonchev–Trinajstić information content (AvgIpc) is 2.26. The molecule has 1 aromatic rings. The first-order chi connectivity index (χ1) is 8.84. The van der Waals surface area contributed by atoms with Gasteiger partial charge in [0.1, 0.15) is 0 Å². The van der Waals surface area contributed by atoms with Crippen molar-refractivity contribution >= 4 is 24.0 Å². The molecule has 1 fully saturated rings. The van der Waals surface area contributed by atoms with E-state index in [1.54, 1.807) is 6.07 Å². The minimum absolute atomic E-state index is 0. The average molecular weight is 329 g/mol. The van der Waals surface area contributed by atoms with Crippen molar-refractivity contribution < 1.29 is 13.2 Å². The molecule has 0 spiro atoms. The fourth-order valence-electron chi connectivity index (χ4n) is 2.32. The number of hydrogen-bond donors (Lipinski definition) is 1. The highest BCUT2D eigenvalue weighted by atomic mass is 35.5. The lowest BCUT2D eigenvalue weighted by Crippen LogP contribution is -2.48. The van der Waals surface area contributed by atoms with Crippen LogP contribution in [-0.2, 0) is 12.7 Å². The van der Waals surface area contributed by atoms with Crippen molar-refractivity contribution in [1.82, 2.24) is 10.2 Å². The first-order valence-electron chi connectivity index (χ1n) is 6.17. The molecule has 2 rings (SSSR count). The van der Waals surface area contributed by atoms with E-state index in [1.807, 2.05) is 0 Å². The predicted octanol–water partition coefficient (Wildman–Crippen LogP) is 3.57. The van der Waals surface area contributed by atoms with Crippen molar-refractivity contribution in [2.45, 2.75) is 25.7 Å². The molecule has 0 saturated carbocycles. The second kappa shape index (κ2) is 6.98. The Kier molecular flexibility index (Phi) is 6.13. The van der Waals surface area contributed by atoms with Gasteiger partial charge in [-0.3, -0.25) is 4.90 Å². The van der Waals surface area contributed by atoms with Gasteiger partial charge >= 0.3 is 6.18 Å². The SMILES string of the molecule is C[C@H]1CN(Cc2cc(Cl)cc(C(F)(F)F)c2)CCN1.Cl. The van der Waals surface area contributed by atoms with Crippen LogP contribution in [-0.4, -0.2) is 30.6 Å². The lowest BCUT2D eigenvalue weighted by Gasteiger charge is -2.32. The quantitative estimate of drug-likeness (QED) is 0.892. The summed E-state index contributed by atoms with van der Waals surface area (Å²) in [4.78, 5) is 2.13. The van der Waals surface area contributed by atoms with E-state index in [-0.39, 0.29) is 17.4 Å². The monoisotopic (exact) mass is 328 g/mol. The van der Waals surface area contributed by atoms with Gasteiger partial charge in [-0.05, 0) is 30.7 Å². The summed E-state index contributed by atoms with van der Waals surface area (Å²) in [5, 5.41) is 3.43. The highest BCUT2D eigenvalue weighted by molar-refractivity contribution is 6.30. The molecule has 1 saturated heterocycles. The zero-order valence-corrected chi connectivity index (χ0v) is 12.6. The van der Waals surface area contributed by atoms with Crippen LogP contribution in [0.15, 0.2) is 18.2 Å². The van der Waals surface area contributed by atoms with Crippen molar-refractivity contribution in [1.29, 1.82) is 0 Å². The van der Waals surface area contributed by atoms with Gasteiger partial charge in [-0.1, -0.05) is 11.6 Å². The molecule has 0 unspecified atom stereocenters. The molecule has 1 atom stereocenters. The molecule has 1 aliphatic rings. The Morgan fingerprint density at radius 2 is 2.05 bits per heavy atom. The first kappa shape index (κ1) is 17.6. The second-order valence-electron chi connectivity index (χ2n) is 4.94. The molecule has 0 radical (unpaired) electrons. The third-order valence-electron chi connectivity index (χ3n) is 3.14. The second-order valence-corrected chi connectivity index (χ2v) is 5.37. The number of halogens is 5. The van der Waals surface area contributed by atoms with Gasteiger partial charge in [-0.15, -0.1) is 12.4 Å². The Morgan fingerprint density at radius 1 is 1.35 bits per heavy atom. The molecule has 20 heavy (non-hydrogen) atoms. The van der Waals surface area contributed by atoms with Gasteiger partial charge in [0.15, 0.2) is 0 Å². The van der Waals surface area contributed by atoms with E-state index in [9.17, 15) is 13.2 Å². The molecule has 1 heterocycles. The summed E-state index contributed by atoms with van der Waals surface area (Å²) in [5.41, 5.74) is -0.0768. The van der Waals surface area contributed by atoms with Crippen LogP contribution in [0.5, 0.6) is 0 Å². The third kappa shape index (κ3) is 4.81. The summed E-state index contributed by atoms with van der Waals surface area (Å²) in [6.07, 6.45) is -4.35. The molecule has 0 bridgehead atoms. The fourth-order valence-corrected chi connectivity index (χ4v) is 2.58. The molecule has 1 aromatic carbocycles. The molecule has 0 aromatic heterocycles. The van der Waals surface area contributed by atoms with E-state index in [2.05, 4.69) is 17.1 Å². The number of benzene rings is 1. The van der Waals surface area contributed by atoms with Crippen molar-refractivity contribution in [2.24, 2.45) is 0 Å². The van der Waals surface area contributed by atoms with Gasteiger partial charge < -0.3 is 5.32 Å². The molecule has 7 heteroatoms. The Morgan fingerprint density at radius 3 is 2.65 bits per heavy atom. The van der Waals surface area contributed by atoms with E-state index in [1.165, 1.54) is 6.07 Å². The van der Waals surface area contributed by atoms with Crippen LogP contribution in [0.2, 0.25) is 5.02 Å². The molecular formula is C13H17Cl2F3N2. The van der Waals surface area contributed by atoms with Crippen LogP contribution in [0, 0.1) is 0 Å². The van der Waals surface area contributed by atoms with Gasteiger partial charge in [0.2, 0.25) is 0 Å². The highest BCUT2D eigenvalue weighted by Gasteiger charge is 2.31. The number of rotatable bonds is 2. The normalized spacial score (nSPS) is 20.6. The zero-order chi connectivity index (χ0) is 14.0. The molecule has 1 aliphatic heterocycles. The number of hydrogen-bond acceptors (Lipinski definition) is 2. The molecule has 2 nitrogen and oxygen atoms in total. The molecule has 114 valence electrons. The summed E-state index contributed by atoms with van der Waals surface area (Å²) >= 11 is 5.77. The van der Waals surface area contributed by atoms with Gasteiger partial charge in [0.25, 0.3) is 0 Å². The summed E-state index contributed by atoms with van der Waals surface area (Å²) in [5.74, 6) is 0. The maximum atomic E-state index is 12.7. The summed E-state index contributed by atoms with van der Waals surface area (Å²) < 4.78 is 38.1. The van der Waals surface area contributed by atoms with Crippen LogP contribution < -0.4 is 5.32 Å². The standard InChI is InChI=1S/C13H16ClF3N2.ClH/c1-9-7-19(3-2-18-9)8-10-4-11(13(15,16)17)6-12(14)5-10;/h4-6,9,18H,2-3,7-8H2,1H3;1H/t9-;/m0./s1. The van der Waals surface area contributed by atoms with E-state index in [4.69, 9.17) is 11.6 Å². The zero-order valence-electron chi connectivity index (χ0n) is 11.0. The van der Waals surface area contributed by atoms with Crippen LogP contribution >= 0.6 is 24.0 Å². The first-order valence-corrected chi connectivity index (χ1v) is 6.55. The summed E-state index contributed by atoms with van der Waals surface area (Å²) in [6.45, 7) is 5.07. The number of nitrogens with one attached hydrogen (secondary N) is 1. The minimum Gasteiger partial charge on any atom is -0.312 e. The van der Waals surface area contributed by atoms with E-state index >= 15 is 0 Å². The molecule has 0 aliphatic carbocycles. The van der Waals surface area contributed by atoms with Crippen molar-refractivity contribution in [3.8, 4) is 0 Å². The Balaban J connectivity index is 0.00000200. The van der Waals surface area contributed by atoms with E-state index in [0.29, 0.717) is 18.2 Å². The Labute approximate surface area is 127 Å². The predicted molar refractivity (Wildman–Crippen MR) is 76.4 cm³/mol. The van der Waals surface area contributed by atoms with Crippen molar-refractivity contribution in [3.63, 3.8) is 0 Å². The number of nitrogens with zero attached hydrogens (tertiary/aromatic N) is 1. The third-order valence-corrected chi connectivity index (χ3v) is 3.36. The fraction of sp³-hybridized carbons (Fsp3) is 0.538. The maximum absolute atomic E-state index is 12.7. The largest absolute Gasteiger partial charge is 0.416 e. The lowest BCUT2D eigenvalue weighted by atomic mass is 10.1. The topological polar surface area (TPSA) is 15.3 Å². The van der Waals surface area contributed by atoms with E-state index in [0.717, 1.165) is 25.7 Å². The van der Waals surface area contributed by atoms with Gasteiger partial charge in [-0.2, -0.15) is 13.2 Å². The molecule has 0 amide bonds. The Bertz CT molecular complexity index is 452. The van der Waals surface area contributed by atoms with Crippen LogP contribution in [0.4, 0.5) is 13.2 Å². The smallest absolute Gasteiger partial charge is 0.312 e. The number of piperazine rings is 1. The van der Waals surface area contributed by atoms with Gasteiger partial charge in [-0.25, -0.2) is 0 Å². The van der Waals surface area contributed by atoms with Crippen LogP contribution in [0.25, 0.3) is 0 Å². The van der Waals surface area contributed by atoms with E-state index < -0.39 is 11.7 Å². The molecular weight excluding hydrogens is 312 g/mol. The van der Waals surface area contributed by atoms with Gasteiger partial charge in [0.05, 0.1) is 5.56 Å². The minimum atomic E-state index is -4.35. The van der Waals surface area contributed by atoms with Gasteiger partial charge in [0, 0.05) is 37.2 Å². The lowest BCUT2D eigenvalue weighted by molar-refractivity contribution is -0.137. The molecule has 1 N–H and O–H groups in total. The van der Waals surface area contributed by atoms with Crippen molar-refractivity contribution in [3.05, 3.63) is 34.3 Å². The highest BCUT2D eigenvalue weighted by Crippen LogP contribution is 2.32. The van der Waals surface area contributed by atoms with Crippen molar-refractivity contribution in [2.75, 3.05) is 19.6 Å². The maximum Gasteiger partial charge on any atom is 0.416 e. The van der Waals surface area contributed by atoms with Crippen LogP contribution in [0.1, 0.15) is 18.1 Å². The summed E-state index contributed by atoms with van der Waals surface area (Å²) in [6, 6.07) is 4.10. The Hall–Kier alpha value is -0.490.